The molecule has 1 atom stereocenters. The molecule has 0 aliphatic rings. The molecular weight excluding hydrogens is 612 g/mol. The lowest BCUT2D eigenvalue weighted by atomic mass is 9.97. The van der Waals surface area contributed by atoms with Crippen molar-refractivity contribution in [3.8, 4) is 11.3 Å². The summed E-state index contributed by atoms with van der Waals surface area (Å²) in [6.07, 6.45) is -8.69. The number of aliphatic imine (C=N–C) groups is 1. The van der Waals surface area contributed by atoms with E-state index >= 15 is 0 Å². The molecule has 5 N–H and O–H groups in total. The summed E-state index contributed by atoms with van der Waals surface area (Å²) in [6.45, 7) is 3.35. The SMILES string of the molecule is CN=Cc1cc(-c2oc3c(C(C)Nc4ccccc4C(=O)O)cc(C)cc3c(=O)c2C(F)(F)F)ccc1N.O=C(O)C(F)(F)F. The molecular formula is C30H25F6N3O6. The first-order valence-electron chi connectivity index (χ1n) is 12.8. The molecule has 0 aliphatic heterocycles. The second-order valence-electron chi connectivity index (χ2n) is 9.61. The zero-order valence-corrected chi connectivity index (χ0v) is 23.7. The summed E-state index contributed by atoms with van der Waals surface area (Å²) in [4.78, 5) is 37.8. The van der Waals surface area contributed by atoms with Crippen LogP contribution in [0.5, 0.6) is 0 Å². The number of alkyl halides is 6. The average molecular weight is 638 g/mol. The number of anilines is 2. The third kappa shape index (κ3) is 7.79. The van der Waals surface area contributed by atoms with Crippen LogP contribution in [0.25, 0.3) is 22.3 Å². The maximum absolute atomic E-state index is 14.2. The number of halogens is 6. The van der Waals surface area contributed by atoms with E-state index < -0.39 is 47.1 Å². The van der Waals surface area contributed by atoms with Gasteiger partial charge in [-0.05, 0) is 55.8 Å². The van der Waals surface area contributed by atoms with Crippen LogP contribution in [0.4, 0.5) is 37.7 Å². The molecule has 0 saturated heterocycles. The highest BCUT2D eigenvalue weighted by atomic mass is 19.4. The van der Waals surface area contributed by atoms with Crippen LogP contribution in [-0.4, -0.2) is 41.6 Å². The Morgan fingerprint density at radius 2 is 1.64 bits per heavy atom. The number of para-hydroxylation sites is 1. The molecule has 0 radical (unpaired) electrons. The van der Waals surface area contributed by atoms with Crippen molar-refractivity contribution >= 4 is 40.5 Å². The summed E-state index contributed by atoms with van der Waals surface area (Å²) >= 11 is 0. The van der Waals surface area contributed by atoms with Crippen molar-refractivity contribution in [2.45, 2.75) is 32.2 Å². The topological polar surface area (TPSA) is 155 Å². The second kappa shape index (κ2) is 13.1. The number of benzene rings is 3. The standard InChI is InChI=1S/C28H24F3N3O4.C2HF3O2/c1-14-10-19(15(2)34-22-7-5-4-6-18(22)27(36)37)26-20(11-14)24(35)23(28(29,30)31)25(38-26)16-8-9-21(32)17(12-16)13-33-3;3-2(4,5)1(6)7/h4-13,15,34H,32H2,1-3H3,(H,36,37);(H,6,7). The van der Waals surface area contributed by atoms with Crippen LogP contribution in [0.1, 0.15) is 45.6 Å². The third-order valence-electron chi connectivity index (χ3n) is 6.30. The smallest absolute Gasteiger partial charge is 0.478 e. The first-order chi connectivity index (χ1) is 20.9. The predicted molar refractivity (Wildman–Crippen MR) is 155 cm³/mol. The molecule has 0 aliphatic carbocycles. The molecule has 15 heteroatoms. The third-order valence-corrected chi connectivity index (χ3v) is 6.30. The lowest BCUT2D eigenvalue weighted by molar-refractivity contribution is -0.192. The van der Waals surface area contributed by atoms with Crippen LogP contribution in [0.15, 0.2) is 68.8 Å². The van der Waals surface area contributed by atoms with Gasteiger partial charge in [-0.25, -0.2) is 9.59 Å². The lowest BCUT2D eigenvalue weighted by Gasteiger charge is -2.20. The van der Waals surface area contributed by atoms with E-state index in [2.05, 4.69) is 10.3 Å². The number of hydrogen-bond donors (Lipinski definition) is 4. The van der Waals surface area contributed by atoms with E-state index in [1.54, 1.807) is 38.1 Å². The van der Waals surface area contributed by atoms with Crippen molar-refractivity contribution in [3.05, 3.63) is 92.6 Å². The summed E-state index contributed by atoms with van der Waals surface area (Å²) in [6, 6.07) is 12.8. The van der Waals surface area contributed by atoms with E-state index in [1.807, 2.05) is 0 Å². The van der Waals surface area contributed by atoms with Crippen LogP contribution in [0.3, 0.4) is 0 Å². The number of hydrogen-bond acceptors (Lipinski definition) is 7. The molecule has 45 heavy (non-hydrogen) atoms. The molecule has 0 saturated carbocycles. The zero-order chi connectivity index (χ0) is 33.9. The van der Waals surface area contributed by atoms with Gasteiger partial charge in [0, 0.05) is 41.3 Å². The van der Waals surface area contributed by atoms with Crippen LogP contribution < -0.4 is 16.5 Å². The molecule has 9 nitrogen and oxygen atoms in total. The van der Waals surface area contributed by atoms with Crippen molar-refractivity contribution in [2.75, 3.05) is 18.1 Å². The lowest BCUT2D eigenvalue weighted by Crippen LogP contribution is -2.22. The van der Waals surface area contributed by atoms with E-state index in [-0.39, 0.29) is 22.1 Å². The molecule has 0 fully saturated rings. The second-order valence-corrected chi connectivity index (χ2v) is 9.61. The number of carbonyl (C=O) groups is 2. The highest BCUT2D eigenvalue weighted by Gasteiger charge is 2.40. The maximum Gasteiger partial charge on any atom is 0.490 e. The van der Waals surface area contributed by atoms with E-state index in [4.69, 9.17) is 20.1 Å². The maximum atomic E-state index is 14.2. The molecule has 0 bridgehead atoms. The summed E-state index contributed by atoms with van der Waals surface area (Å²) in [5.74, 6) is -4.55. The van der Waals surface area contributed by atoms with E-state index in [0.29, 0.717) is 28.1 Å². The first-order valence-corrected chi connectivity index (χ1v) is 12.8. The van der Waals surface area contributed by atoms with Crippen molar-refractivity contribution in [1.82, 2.24) is 0 Å². The van der Waals surface area contributed by atoms with Gasteiger partial charge >= 0.3 is 24.3 Å². The normalized spacial score (nSPS) is 12.5. The Kier molecular flexibility index (Phi) is 9.95. The summed E-state index contributed by atoms with van der Waals surface area (Å²) in [7, 11) is 1.49. The van der Waals surface area contributed by atoms with Crippen LogP contribution in [-0.2, 0) is 11.0 Å². The predicted octanol–water partition coefficient (Wildman–Crippen LogP) is 6.92. The van der Waals surface area contributed by atoms with Gasteiger partial charge in [-0.15, -0.1) is 0 Å². The van der Waals surface area contributed by atoms with Gasteiger partial charge in [0.15, 0.2) is 5.76 Å². The van der Waals surface area contributed by atoms with E-state index in [1.165, 1.54) is 43.6 Å². The number of nitrogen functional groups attached to an aromatic ring is 1. The Morgan fingerprint density at radius 1 is 1.02 bits per heavy atom. The van der Waals surface area contributed by atoms with Crippen LogP contribution >= 0.6 is 0 Å². The highest BCUT2D eigenvalue weighted by molar-refractivity contribution is 5.94. The molecule has 4 aromatic rings. The van der Waals surface area contributed by atoms with Gasteiger partial charge in [0.05, 0.1) is 17.0 Å². The van der Waals surface area contributed by atoms with Gasteiger partial charge in [-0.1, -0.05) is 18.2 Å². The quantitative estimate of drug-likeness (QED) is 0.101. The number of nitrogens with two attached hydrogens (primary N) is 1. The Labute approximate surface area is 250 Å². The van der Waals surface area contributed by atoms with Gasteiger partial charge in [-0.2, -0.15) is 26.3 Å². The minimum Gasteiger partial charge on any atom is -0.478 e. The molecule has 238 valence electrons. The molecule has 1 aromatic heterocycles. The van der Waals surface area contributed by atoms with E-state index in [0.717, 1.165) is 0 Å². The van der Waals surface area contributed by atoms with Gasteiger partial charge in [0.25, 0.3) is 0 Å². The molecule has 3 aromatic carbocycles. The Balaban J connectivity index is 0.000000707. The summed E-state index contributed by atoms with van der Waals surface area (Å²) in [5, 5.41) is 19.5. The van der Waals surface area contributed by atoms with Gasteiger partial charge < -0.3 is 25.7 Å². The number of carboxylic acids is 2. The number of rotatable bonds is 6. The molecule has 0 amide bonds. The summed E-state index contributed by atoms with van der Waals surface area (Å²) in [5.41, 5.74) is 5.15. The summed E-state index contributed by atoms with van der Waals surface area (Å²) < 4.78 is 80.4. The van der Waals surface area contributed by atoms with Crippen molar-refractivity contribution in [1.29, 1.82) is 0 Å². The molecule has 0 spiro atoms. The number of aromatic carboxylic acids is 1. The van der Waals surface area contributed by atoms with Crippen molar-refractivity contribution < 1.29 is 50.6 Å². The Hall–Kier alpha value is -5.34. The number of aliphatic carboxylic acids is 1. The number of carboxylic acid groups (broad SMARTS) is 2. The first kappa shape index (κ1) is 34.2. The van der Waals surface area contributed by atoms with Gasteiger partial charge in [0.2, 0.25) is 5.43 Å². The Morgan fingerprint density at radius 3 is 2.20 bits per heavy atom. The van der Waals surface area contributed by atoms with Gasteiger partial charge in [0.1, 0.15) is 11.1 Å². The fourth-order valence-corrected chi connectivity index (χ4v) is 4.33. The monoisotopic (exact) mass is 637 g/mol. The van der Waals surface area contributed by atoms with Crippen LogP contribution in [0, 0.1) is 6.92 Å². The molecule has 4 rings (SSSR count). The minimum atomic E-state index is -5.08. The fourth-order valence-electron chi connectivity index (χ4n) is 4.33. The van der Waals surface area contributed by atoms with Crippen LogP contribution in [0.2, 0.25) is 0 Å². The number of nitrogens with one attached hydrogen (secondary N) is 1. The number of nitrogens with zero attached hydrogens (tertiary/aromatic N) is 1. The highest BCUT2D eigenvalue weighted by Crippen LogP contribution is 2.39. The molecule has 1 unspecified atom stereocenters. The largest absolute Gasteiger partial charge is 0.490 e. The minimum absolute atomic E-state index is 0.00350. The Bertz CT molecular complexity index is 1850. The van der Waals surface area contributed by atoms with Crippen molar-refractivity contribution in [2.24, 2.45) is 4.99 Å². The average Bonchev–Trinajstić information content (AvgIpc) is 2.93. The number of aryl methyl sites for hydroxylation is 1. The molecule has 1 heterocycles. The zero-order valence-electron chi connectivity index (χ0n) is 23.7. The number of fused-ring (bicyclic) bond motifs is 1. The van der Waals surface area contributed by atoms with Gasteiger partial charge in [-0.3, -0.25) is 9.79 Å². The van der Waals surface area contributed by atoms with E-state index in [9.17, 15) is 41.0 Å². The van der Waals surface area contributed by atoms with Crippen molar-refractivity contribution in [3.63, 3.8) is 0 Å². The fraction of sp³-hybridized carbons (Fsp3) is 0.200.